The maximum absolute atomic E-state index is 14.2. The van der Waals surface area contributed by atoms with Gasteiger partial charge in [-0.15, -0.1) is 11.8 Å². The molecule has 2 aromatic rings. The molecule has 2 aromatic carbocycles. The smallest absolute Gasteiger partial charge is 0.255 e. The Morgan fingerprint density at radius 2 is 1.75 bits per heavy atom. The molecule has 0 aromatic heterocycles. The van der Waals surface area contributed by atoms with Gasteiger partial charge in [-0.05, 0) is 50.0 Å². The van der Waals surface area contributed by atoms with Crippen molar-refractivity contribution in [2.75, 3.05) is 19.8 Å². The highest BCUT2D eigenvalue weighted by Crippen LogP contribution is 2.56. The van der Waals surface area contributed by atoms with Gasteiger partial charge in [0.05, 0.1) is 23.6 Å². The summed E-state index contributed by atoms with van der Waals surface area (Å²) in [5.74, 6) is -8.85. The van der Waals surface area contributed by atoms with E-state index in [0.717, 1.165) is 9.37 Å². The minimum absolute atomic E-state index is 0.0348. The SMILES string of the molecule is CN(C)[C@@H]1C(=O)C(C(N)=O)=C(O)[C@@]2(O)C(=O)C3=C(O)c4c(O)cccc4[C@H](CSc4ccc(Br)cc4)C3[C@H](O)C12. The molecule has 210 valence electrons. The molecule has 12 heteroatoms. The van der Waals surface area contributed by atoms with Crippen molar-refractivity contribution in [1.29, 1.82) is 0 Å². The van der Waals surface area contributed by atoms with Gasteiger partial charge in [-0.3, -0.25) is 19.3 Å². The summed E-state index contributed by atoms with van der Waals surface area (Å²) in [6, 6.07) is 10.7. The fourth-order valence-corrected chi connectivity index (χ4v) is 7.66. The predicted octanol–water partition coefficient (Wildman–Crippen LogP) is 2.03. The summed E-state index contributed by atoms with van der Waals surface area (Å²) in [7, 11) is 2.94. The van der Waals surface area contributed by atoms with E-state index in [1.54, 1.807) is 12.1 Å². The molecule has 6 atom stereocenters. The second-order valence-corrected chi connectivity index (χ2v) is 12.4. The second-order valence-electron chi connectivity index (χ2n) is 10.4. The number of amides is 1. The van der Waals surface area contributed by atoms with E-state index in [4.69, 9.17) is 5.73 Å². The molecule has 1 amide bonds. The number of carbonyl (C=O) groups is 3. The number of hydrogen-bond acceptors (Lipinski definition) is 10. The van der Waals surface area contributed by atoms with Crippen molar-refractivity contribution >= 4 is 50.9 Å². The lowest BCUT2D eigenvalue weighted by Gasteiger charge is -2.54. The number of nitrogens with zero attached hydrogens (tertiary/aromatic N) is 1. The number of hydrogen-bond donors (Lipinski definition) is 6. The summed E-state index contributed by atoms with van der Waals surface area (Å²) in [5.41, 5.74) is 1.48. The quantitative estimate of drug-likeness (QED) is 0.211. The first-order valence-corrected chi connectivity index (χ1v) is 14.1. The minimum Gasteiger partial charge on any atom is -0.508 e. The molecule has 3 aliphatic rings. The predicted molar refractivity (Wildman–Crippen MR) is 150 cm³/mol. The number of aromatic hydroxyl groups is 1. The van der Waals surface area contributed by atoms with Crippen LogP contribution in [0.4, 0.5) is 0 Å². The van der Waals surface area contributed by atoms with Crippen molar-refractivity contribution in [1.82, 2.24) is 4.90 Å². The van der Waals surface area contributed by atoms with E-state index in [-0.39, 0.29) is 17.1 Å². The van der Waals surface area contributed by atoms with Crippen LogP contribution in [0.1, 0.15) is 17.0 Å². The average Bonchev–Trinajstić information content (AvgIpc) is 2.89. The van der Waals surface area contributed by atoms with Crippen molar-refractivity contribution in [2.45, 2.75) is 28.6 Å². The Morgan fingerprint density at radius 1 is 1.10 bits per heavy atom. The maximum Gasteiger partial charge on any atom is 0.255 e. The Balaban J connectivity index is 1.73. The third-order valence-electron chi connectivity index (χ3n) is 8.04. The van der Waals surface area contributed by atoms with Crippen molar-refractivity contribution in [3.8, 4) is 5.75 Å². The van der Waals surface area contributed by atoms with Crippen LogP contribution in [-0.4, -0.2) is 85.5 Å². The lowest BCUT2D eigenvalue weighted by molar-refractivity contribution is -0.169. The molecule has 3 aliphatic carbocycles. The molecular formula is C28H27BrN2O8S. The van der Waals surface area contributed by atoms with Gasteiger partial charge < -0.3 is 31.3 Å². The normalized spacial score (nSPS) is 29.8. The first-order chi connectivity index (χ1) is 18.8. The van der Waals surface area contributed by atoms with Gasteiger partial charge in [0.25, 0.3) is 5.91 Å². The van der Waals surface area contributed by atoms with E-state index >= 15 is 0 Å². The number of ketones is 2. The summed E-state index contributed by atoms with van der Waals surface area (Å²) in [6.07, 6.45) is -1.65. The Morgan fingerprint density at radius 3 is 2.35 bits per heavy atom. The number of halogens is 1. The van der Waals surface area contributed by atoms with Crippen molar-refractivity contribution in [2.24, 2.45) is 17.6 Å². The van der Waals surface area contributed by atoms with Gasteiger partial charge in [-0.1, -0.05) is 28.1 Å². The number of phenolic OH excluding ortho intramolecular Hbond substituents is 1. The van der Waals surface area contributed by atoms with Gasteiger partial charge in [0.15, 0.2) is 11.4 Å². The number of aliphatic hydroxyl groups is 4. The number of aliphatic hydroxyl groups excluding tert-OH is 3. The van der Waals surface area contributed by atoms with Crippen LogP contribution in [0.5, 0.6) is 5.75 Å². The summed E-state index contributed by atoms with van der Waals surface area (Å²) >= 11 is 4.81. The molecule has 1 saturated carbocycles. The molecule has 0 aliphatic heterocycles. The second kappa shape index (κ2) is 10.0. The lowest BCUT2D eigenvalue weighted by Crippen LogP contribution is -2.70. The van der Waals surface area contributed by atoms with Gasteiger partial charge in [-0.2, -0.15) is 0 Å². The number of benzene rings is 2. The van der Waals surface area contributed by atoms with E-state index < -0.39 is 75.6 Å². The van der Waals surface area contributed by atoms with E-state index in [1.807, 2.05) is 24.3 Å². The molecular weight excluding hydrogens is 604 g/mol. The van der Waals surface area contributed by atoms with Crippen LogP contribution in [0.15, 0.2) is 68.7 Å². The first kappa shape index (κ1) is 28.4. The lowest BCUT2D eigenvalue weighted by atomic mass is 9.54. The summed E-state index contributed by atoms with van der Waals surface area (Å²) in [4.78, 5) is 41.9. The molecule has 10 nitrogen and oxygen atoms in total. The highest BCUT2D eigenvalue weighted by molar-refractivity contribution is 9.10. The summed E-state index contributed by atoms with van der Waals surface area (Å²) < 4.78 is 0.882. The highest BCUT2D eigenvalue weighted by Gasteiger charge is 2.68. The minimum atomic E-state index is -2.95. The summed E-state index contributed by atoms with van der Waals surface area (Å²) in [6.45, 7) is 0. The first-order valence-electron chi connectivity index (χ1n) is 12.3. The van der Waals surface area contributed by atoms with Gasteiger partial charge in [0.1, 0.15) is 22.8 Å². The third kappa shape index (κ3) is 4.00. The molecule has 5 rings (SSSR count). The number of carbonyl (C=O) groups excluding carboxylic acids is 3. The molecule has 40 heavy (non-hydrogen) atoms. The Kier molecular flexibility index (Phi) is 7.12. The molecule has 0 bridgehead atoms. The molecule has 0 spiro atoms. The standard InChI is InChI=1S/C28H27BrN2O8S/c1-31(2)21-20-23(34)17-14(10-40-12-8-6-11(29)7-9-12)13-4-3-5-15(32)16(13)22(33)18(17)25(36)28(20,39)26(37)19(24(21)35)27(30)38/h3-9,14,17,20-21,23,32-34,37,39H,10H2,1-2H3,(H2,30,38)/t14-,17?,20?,21-,23-,28-/m0/s1. The molecule has 2 unspecified atom stereocenters. The molecule has 7 N–H and O–H groups in total. The van der Waals surface area contributed by atoms with Crippen molar-refractivity contribution in [3.05, 3.63) is 75.0 Å². The topological polar surface area (TPSA) is 182 Å². The van der Waals surface area contributed by atoms with Gasteiger partial charge in [0, 0.05) is 32.5 Å². The number of phenols is 1. The fourth-order valence-electron chi connectivity index (χ4n) is 6.31. The summed E-state index contributed by atoms with van der Waals surface area (Å²) in [5, 5.41) is 56.8. The van der Waals surface area contributed by atoms with Crippen molar-refractivity contribution < 1.29 is 39.9 Å². The van der Waals surface area contributed by atoms with Gasteiger partial charge in [-0.25, -0.2) is 0 Å². The van der Waals surface area contributed by atoms with Crippen LogP contribution in [0.25, 0.3) is 5.76 Å². The number of thioether (sulfide) groups is 1. The van der Waals surface area contributed by atoms with Crippen LogP contribution in [-0.2, 0) is 14.4 Å². The zero-order valence-electron chi connectivity index (χ0n) is 21.4. The largest absolute Gasteiger partial charge is 0.508 e. The molecule has 0 heterocycles. The third-order valence-corrected chi connectivity index (χ3v) is 9.70. The van der Waals surface area contributed by atoms with E-state index in [9.17, 15) is 39.9 Å². The van der Waals surface area contributed by atoms with Crippen LogP contribution < -0.4 is 5.73 Å². The number of rotatable bonds is 5. The fraction of sp³-hybridized carbons (Fsp3) is 0.321. The number of primary amides is 1. The number of nitrogens with two attached hydrogens (primary N) is 1. The number of likely N-dealkylation sites (N-methyl/N-ethyl adjacent to an activating group) is 1. The average molecular weight is 632 g/mol. The van der Waals surface area contributed by atoms with Crippen LogP contribution >= 0.6 is 27.7 Å². The van der Waals surface area contributed by atoms with Gasteiger partial charge >= 0.3 is 0 Å². The van der Waals surface area contributed by atoms with Crippen LogP contribution in [0.2, 0.25) is 0 Å². The zero-order chi connectivity index (χ0) is 29.3. The van der Waals surface area contributed by atoms with Crippen molar-refractivity contribution in [3.63, 3.8) is 0 Å². The highest BCUT2D eigenvalue weighted by atomic mass is 79.9. The number of fused-ring (bicyclic) bond motifs is 3. The molecule has 0 radical (unpaired) electrons. The van der Waals surface area contributed by atoms with Crippen LogP contribution in [0, 0.1) is 11.8 Å². The zero-order valence-corrected chi connectivity index (χ0v) is 23.8. The Labute approximate surface area is 241 Å². The molecule has 0 saturated heterocycles. The monoisotopic (exact) mass is 630 g/mol. The maximum atomic E-state index is 14.2. The Hall–Kier alpha value is -3.16. The Bertz CT molecular complexity index is 1500. The molecule has 1 fully saturated rings. The number of Topliss-reactive ketones (excluding diaryl/α,β-unsaturated/α-hetero) is 2. The van der Waals surface area contributed by atoms with Gasteiger partial charge in [0.2, 0.25) is 5.78 Å². The van der Waals surface area contributed by atoms with E-state index in [2.05, 4.69) is 15.9 Å². The van der Waals surface area contributed by atoms with E-state index in [1.165, 1.54) is 36.8 Å². The van der Waals surface area contributed by atoms with Crippen LogP contribution in [0.3, 0.4) is 0 Å². The van der Waals surface area contributed by atoms with E-state index in [0.29, 0.717) is 5.56 Å².